The van der Waals surface area contributed by atoms with E-state index < -0.39 is 9.84 Å². The molecule has 0 aliphatic heterocycles. The van der Waals surface area contributed by atoms with E-state index in [1.165, 1.54) is 12.3 Å². The summed E-state index contributed by atoms with van der Waals surface area (Å²) in [6, 6.07) is 5.01. The highest BCUT2D eigenvalue weighted by Gasteiger charge is 2.11. The van der Waals surface area contributed by atoms with Crippen LogP contribution in [0.2, 0.25) is 0 Å². The second-order valence-corrected chi connectivity index (χ2v) is 6.01. The Labute approximate surface area is 90.7 Å². The van der Waals surface area contributed by atoms with Gasteiger partial charge in [0, 0.05) is 6.26 Å². The predicted octanol–water partition coefficient (Wildman–Crippen LogP) is 1.71. The van der Waals surface area contributed by atoms with Crippen molar-refractivity contribution in [2.75, 3.05) is 6.26 Å². The van der Waals surface area contributed by atoms with Crippen molar-refractivity contribution in [3.63, 3.8) is 0 Å². The Kier molecular flexibility index (Phi) is 3.52. The SMILES string of the molecule is CC(C)c1cc(CO)cc(S(C)(=O)=O)c1. The molecule has 0 aliphatic rings. The average molecular weight is 228 g/mol. The minimum Gasteiger partial charge on any atom is -0.392 e. The number of sulfone groups is 1. The van der Waals surface area contributed by atoms with Crippen LogP contribution in [-0.2, 0) is 16.4 Å². The predicted molar refractivity (Wildman–Crippen MR) is 59.6 cm³/mol. The zero-order valence-electron chi connectivity index (χ0n) is 9.19. The Balaban J connectivity index is 3.36. The van der Waals surface area contributed by atoms with Crippen LogP contribution in [0, 0.1) is 0 Å². The van der Waals surface area contributed by atoms with Crippen molar-refractivity contribution < 1.29 is 13.5 Å². The molecule has 0 saturated heterocycles. The molecule has 0 aliphatic carbocycles. The van der Waals surface area contributed by atoms with E-state index in [1.54, 1.807) is 6.07 Å². The van der Waals surface area contributed by atoms with Gasteiger partial charge in [0.2, 0.25) is 0 Å². The smallest absolute Gasteiger partial charge is 0.175 e. The van der Waals surface area contributed by atoms with E-state index >= 15 is 0 Å². The van der Waals surface area contributed by atoms with Gasteiger partial charge in [0.15, 0.2) is 9.84 Å². The largest absolute Gasteiger partial charge is 0.392 e. The fraction of sp³-hybridized carbons (Fsp3) is 0.455. The van der Waals surface area contributed by atoms with Gasteiger partial charge in [0.05, 0.1) is 11.5 Å². The van der Waals surface area contributed by atoms with E-state index in [1.807, 2.05) is 19.9 Å². The summed E-state index contributed by atoms with van der Waals surface area (Å²) in [6.45, 7) is 3.84. The second kappa shape index (κ2) is 4.33. The van der Waals surface area contributed by atoms with Crippen LogP contribution in [0.25, 0.3) is 0 Å². The first-order valence-corrected chi connectivity index (χ1v) is 6.68. The Hall–Kier alpha value is -0.870. The monoisotopic (exact) mass is 228 g/mol. The molecule has 0 unspecified atom stereocenters. The topological polar surface area (TPSA) is 54.4 Å². The van der Waals surface area contributed by atoms with Crippen molar-refractivity contribution in [1.82, 2.24) is 0 Å². The van der Waals surface area contributed by atoms with Gasteiger partial charge in [-0.15, -0.1) is 0 Å². The van der Waals surface area contributed by atoms with Crippen LogP contribution >= 0.6 is 0 Å². The first kappa shape index (κ1) is 12.2. The molecule has 0 spiro atoms. The lowest BCUT2D eigenvalue weighted by atomic mass is 10.0. The first-order valence-electron chi connectivity index (χ1n) is 4.79. The molecule has 1 N–H and O–H groups in total. The van der Waals surface area contributed by atoms with Crippen molar-refractivity contribution in [3.05, 3.63) is 29.3 Å². The summed E-state index contributed by atoms with van der Waals surface area (Å²) in [4.78, 5) is 0.276. The van der Waals surface area contributed by atoms with Crippen molar-refractivity contribution in [1.29, 1.82) is 0 Å². The minimum atomic E-state index is -3.20. The molecule has 1 aromatic rings. The van der Waals surface area contributed by atoms with Crippen molar-refractivity contribution in [2.45, 2.75) is 31.3 Å². The lowest BCUT2D eigenvalue weighted by Gasteiger charge is -2.09. The van der Waals surface area contributed by atoms with Crippen molar-refractivity contribution >= 4 is 9.84 Å². The molecule has 0 bridgehead atoms. The lowest BCUT2D eigenvalue weighted by molar-refractivity contribution is 0.281. The molecule has 0 atom stereocenters. The van der Waals surface area contributed by atoms with E-state index in [0.717, 1.165) is 5.56 Å². The summed E-state index contributed by atoms with van der Waals surface area (Å²) in [6.07, 6.45) is 1.17. The fourth-order valence-electron chi connectivity index (χ4n) is 1.32. The van der Waals surface area contributed by atoms with Gasteiger partial charge in [0.25, 0.3) is 0 Å². The third-order valence-corrected chi connectivity index (χ3v) is 3.36. The standard InChI is InChI=1S/C11H16O3S/c1-8(2)10-4-9(7-12)5-11(6-10)15(3,13)14/h4-6,8,12H,7H2,1-3H3. The van der Waals surface area contributed by atoms with Crippen LogP contribution in [-0.4, -0.2) is 19.8 Å². The maximum Gasteiger partial charge on any atom is 0.175 e. The molecule has 0 heterocycles. The molecule has 1 aromatic carbocycles. The third kappa shape index (κ3) is 3.04. The fourth-order valence-corrected chi connectivity index (χ4v) is 2.04. The van der Waals surface area contributed by atoms with Crippen LogP contribution in [0.1, 0.15) is 30.9 Å². The number of aliphatic hydroxyl groups excluding tert-OH is 1. The van der Waals surface area contributed by atoms with Gasteiger partial charge >= 0.3 is 0 Å². The lowest BCUT2D eigenvalue weighted by Crippen LogP contribution is -2.01. The summed E-state index contributed by atoms with van der Waals surface area (Å²) in [5.74, 6) is 0.247. The molecule has 0 radical (unpaired) electrons. The van der Waals surface area contributed by atoms with Gasteiger partial charge < -0.3 is 5.11 Å². The van der Waals surface area contributed by atoms with Crippen LogP contribution in [0.4, 0.5) is 0 Å². The van der Waals surface area contributed by atoms with Gasteiger partial charge in [-0.25, -0.2) is 8.42 Å². The maximum atomic E-state index is 11.4. The highest BCUT2D eigenvalue weighted by Crippen LogP contribution is 2.21. The number of hydrogen-bond donors (Lipinski definition) is 1. The van der Waals surface area contributed by atoms with Crippen LogP contribution in [0.3, 0.4) is 0 Å². The molecule has 0 saturated carbocycles. The van der Waals surface area contributed by atoms with Crippen molar-refractivity contribution in [3.8, 4) is 0 Å². The summed E-state index contributed by atoms with van der Waals surface area (Å²) in [5, 5.41) is 9.04. The number of benzene rings is 1. The summed E-state index contributed by atoms with van der Waals surface area (Å²) >= 11 is 0. The van der Waals surface area contributed by atoms with Crippen LogP contribution in [0.5, 0.6) is 0 Å². The molecule has 84 valence electrons. The molecule has 3 nitrogen and oxygen atoms in total. The molecule has 15 heavy (non-hydrogen) atoms. The molecule has 0 amide bonds. The molecule has 4 heteroatoms. The zero-order chi connectivity index (χ0) is 11.6. The van der Waals surface area contributed by atoms with Gasteiger partial charge in [-0.2, -0.15) is 0 Å². The average Bonchev–Trinajstić information content (AvgIpc) is 2.15. The molecule has 1 rings (SSSR count). The summed E-state index contributed by atoms with van der Waals surface area (Å²) in [5.41, 5.74) is 1.57. The van der Waals surface area contributed by atoms with E-state index in [0.29, 0.717) is 5.56 Å². The molecule has 0 fully saturated rings. The molecular weight excluding hydrogens is 212 g/mol. The number of rotatable bonds is 3. The van der Waals surface area contributed by atoms with Gasteiger partial charge in [-0.3, -0.25) is 0 Å². The Morgan fingerprint density at radius 3 is 2.27 bits per heavy atom. The van der Waals surface area contributed by atoms with Gasteiger partial charge in [-0.1, -0.05) is 19.9 Å². The zero-order valence-corrected chi connectivity index (χ0v) is 10.0. The van der Waals surface area contributed by atoms with E-state index in [-0.39, 0.29) is 17.4 Å². The van der Waals surface area contributed by atoms with Crippen LogP contribution < -0.4 is 0 Å². The van der Waals surface area contributed by atoms with Crippen molar-refractivity contribution in [2.24, 2.45) is 0 Å². The third-order valence-electron chi connectivity index (χ3n) is 2.27. The van der Waals surface area contributed by atoms with E-state index in [4.69, 9.17) is 5.11 Å². The van der Waals surface area contributed by atoms with Crippen LogP contribution in [0.15, 0.2) is 23.1 Å². The summed E-state index contributed by atoms with van der Waals surface area (Å²) < 4.78 is 22.8. The van der Waals surface area contributed by atoms with E-state index in [2.05, 4.69) is 0 Å². The molecular formula is C11H16O3S. The second-order valence-electron chi connectivity index (χ2n) is 4.00. The van der Waals surface area contributed by atoms with Gasteiger partial charge in [0.1, 0.15) is 0 Å². The van der Waals surface area contributed by atoms with Gasteiger partial charge in [-0.05, 0) is 29.2 Å². The molecule has 0 aromatic heterocycles. The Bertz CT molecular complexity index is 447. The first-order chi connectivity index (χ1) is 6.84. The van der Waals surface area contributed by atoms with E-state index in [9.17, 15) is 8.42 Å². The quantitative estimate of drug-likeness (QED) is 0.856. The summed E-state index contributed by atoms with van der Waals surface area (Å²) in [7, 11) is -3.20. The maximum absolute atomic E-state index is 11.4. The Morgan fingerprint density at radius 2 is 1.87 bits per heavy atom. The number of aliphatic hydroxyl groups is 1. The Morgan fingerprint density at radius 1 is 1.27 bits per heavy atom. The minimum absolute atomic E-state index is 0.136. The highest BCUT2D eigenvalue weighted by molar-refractivity contribution is 7.90. The number of hydrogen-bond acceptors (Lipinski definition) is 3. The normalized spacial score (nSPS) is 12.1. The highest BCUT2D eigenvalue weighted by atomic mass is 32.2.